The number of para-hydroxylation sites is 1. The van der Waals surface area contributed by atoms with Gasteiger partial charge in [0, 0.05) is 22.7 Å². The summed E-state index contributed by atoms with van der Waals surface area (Å²) in [6.07, 6.45) is 3.43. The van der Waals surface area contributed by atoms with Gasteiger partial charge in [-0.3, -0.25) is 4.79 Å². The van der Waals surface area contributed by atoms with Crippen LogP contribution in [0.1, 0.15) is 18.1 Å². The van der Waals surface area contributed by atoms with Gasteiger partial charge >= 0.3 is 0 Å². The summed E-state index contributed by atoms with van der Waals surface area (Å²) in [6, 6.07) is 17.5. The molecule has 25 heavy (non-hydrogen) atoms. The Labute approximate surface area is 145 Å². The average molecular weight is 334 g/mol. The topological polar surface area (TPSA) is 78.8 Å². The maximum Gasteiger partial charge on any atom is 0.280 e. The summed E-state index contributed by atoms with van der Waals surface area (Å²) in [7, 11) is 0. The number of rotatable bonds is 6. The first-order valence-corrected chi connectivity index (χ1v) is 7.84. The minimum atomic E-state index is -0.374. The number of carbonyl (C=O) groups is 1. The van der Waals surface area contributed by atoms with E-state index in [4.69, 9.17) is 4.84 Å². The molecule has 3 rings (SSSR count). The van der Waals surface area contributed by atoms with E-state index in [0.717, 1.165) is 22.0 Å². The van der Waals surface area contributed by atoms with E-state index in [-0.39, 0.29) is 12.5 Å². The maximum absolute atomic E-state index is 11.7. The fourth-order valence-corrected chi connectivity index (χ4v) is 2.33. The number of oxime groups is 1. The molecule has 0 saturated carbocycles. The zero-order chi connectivity index (χ0) is 17.5. The Morgan fingerprint density at radius 3 is 2.76 bits per heavy atom. The highest BCUT2D eigenvalue weighted by atomic mass is 16.6. The van der Waals surface area contributed by atoms with Gasteiger partial charge in [-0.05, 0) is 18.6 Å². The van der Waals surface area contributed by atoms with E-state index in [9.17, 15) is 4.79 Å². The second kappa shape index (κ2) is 7.92. The van der Waals surface area contributed by atoms with Crippen molar-refractivity contribution in [1.82, 2.24) is 10.4 Å². The molecule has 3 aromatic rings. The quantitative estimate of drug-likeness (QED) is 0.537. The molecule has 1 aromatic heterocycles. The third-order valence-corrected chi connectivity index (χ3v) is 3.60. The number of H-pyrrole nitrogens is 1. The standard InChI is InChI=1S/C19H18N4O2/c1-14(15-7-3-2-4-8-15)23-25-13-19(24)22-21-12-16-11-20-18-10-6-5-9-17(16)18/h2-12,20H,13H2,1H3,(H,22,24)/b21-12-,23-14+. The van der Waals surface area contributed by atoms with Crippen molar-refractivity contribution in [3.63, 3.8) is 0 Å². The van der Waals surface area contributed by atoms with Gasteiger partial charge in [-0.1, -0.05) is 53.7 Å². The molecule has 6 nitrogen and oxygen atoms in total. The Morgan fingerprint density at radius 2 is 1.92 bits per heavy atom. The molecule has 0 bridgehead atoms. The van der Waals surface area contributed by atoms with Crippen LogP contribution in [0.4, 0.5) is 0 Å². The minimum Gasteiger partial charge on any atom is -0.385 e. The van der Waals surface area contributed by atoms with E-state index >= 15 is 0 Å². The number of carbonyl (C=O) groups excluding carboxylic acids is 1. The van der Waals surface area contributed by atoms with Gasteiger partial charge < -0.3 is 9.82 Å². The molecular formula is C19H18N4O2. The van der Waals surface area contributed by atoms with Crippen LogP contribution in [0.25, 0.3) is 10.9 Å². The predicted octanol–water partition coefficient (Wildman–Crippen LogP) is 3.06. The zero-order valence-corrected chi connectivity index (χ0v) is 13.8. The Bertz CT molecular complexity index is 913. The van der Waals surface area contributed by atoms with Crippen molar-refractivity contribution in [3.05, 3.63) is 71.9 Å². The van der Waals surface area contributed by atoms with Gasteiger partial charge in [-0.2, -0.15) is 5.10 Å². The number of hydrogen-bond donors (Lipinski definition) is 2. The first kappa shape index (κ1) is 16.4. The van der Waals surface area contributed by atoms with Crippen molar-refractivity contribution >= 4 is 28.7 Å². The highest BCUT2D eigenvalue weighted by molar-refractivity contribution is 5.99. The number of aromatic nitrogens is 1. The Hall–Kier alpha value is -3.41. The Kier molecular flexibility index (Phi) is 5.21. The molecule has 0 aliphatic rings. The lowest BCUT2D eigenvalue weighted by atomic mass is 10.1. The number of aromatic amines is 1. The van der Waals surface area contributed by atoms with Crippen molar-refractivity contribution in [2.24, 2.45) is 10.3 Å². The second-order valence-electron chi connectivity index (χ2n) is 5.40. The smallest absolute Gasteiger partial charge is 0.280 e. The first-order chi connectivity index (χ1) is 12.2. The van der Waals surface area contributed by atoms with Crippen LogP contribution in [0.3, 0.4) is 0 Å². The van der Waals surface area contributed by atoms with Gasteiger partial charge in [0.05, 0.1) is 11.9 Å². The van der Waals surface area contributed by atoms with Crippen LogP contribution < -0.4 is 5.43 Å². The third kappa shape index (κ3) is 4.32. The molecule has 1 amide bonds. The molecule has 0 aliphatic carbocycles. The molecule has 0 atom stereocenters. The minimum absolute atomic E-state index is 0.199. The van der Waals surface area contributed by atoms with Crippen LogP contribution in [0.5, 0.6) is 0 Å². The molecule has 0 radical (unpaired) electrons. The SMILES string of the molecule is C/C(=N\OCC(=O)N/N=C\c1c[nH]c2ccccc12)c1ccccc1. The molecule has 0 fully saturated rings. The van der Waals surface area contributed by atoms with Crippen LogP contribution in [-0.4, -0.2) is 29.4 Å². The number of benzene rings is 2. The van der Waals surface area contributed by atoms with Crippen molar-refractivity contribution in [1.29, 1.82) is 0 Å². The summed E-state index contributed by atoms with van der Waals surface area (Å²) in [4.78, 5) is 19.9. The molecule has 6 heteroatoms. The number of nitrogens with zero attached hydrogens (tertiary/aromatic N) is 2. The number of hydrazone groups is 1. The number of fused-ring (bicyclic) bond motifs is 1. The second-order valence-corrected chi connectivity index (χ2v) is 5.40. The zero-order valence-electron chi connectivity index (χ0n) is 13.8. The van der Waals surface area contributed by atoms with E-state index in [1.165, 1.54) is 0 Å². The molecule has 0 aliphatic heterocycles. The molecule has 0 unspecified atom stereocenters. The maximum atomic E-state index is 11.7. The fraction of sp³-hybridized carbons (Fsp3) is 0.105. The molecule has 2 N–H and O–H groups in total. The Morgan fingerprint density at radius 1 is 1.16 bits per heavy atom. The summed E-state index contributed by atoms with van der Waals surface area (Å²) >= 11 is 0. The summed E-state index contributed by atoms with van der Waals surface area (Å²) < 4.78 is 0. The fourth-order valence-electron chi connectivity index (χ4n) is 2.33. The van der Waals surface area contributed by atoms with Crippen LogP contribution in [0, 0.1) is 0 Å². The first-order valence-electron chi connectivity index (χ1n) is 7.84. The van der Waals surface area contributed by atoms with Crippen molar-refractivity contribution in [2.45, 2.75) is 6.92 Å². The normalized spacial score (nSPS) is 11.8. The van der Waals surface area contributed by atoms with Crippen molar-refractivity contribution in [3.8, 4) is 0 Å². The lowest BCUT2D eigenvalue weighted by molar-refractivity contribution is -0.125. The van der Waals surface area contributed by atoms with Crippen LogP contribution in [0.15, 0.2) is 71.1 Å². The van der Waals surface area contributed by atoms with Crippen molar-refractivity contribution in [2.75, 3.05) is 6.61 Å². The van der Waals surface area contributed by atoms with Crippen LogP contribution in [-0.2, 0) is 9.63 Å². The van der Waals surface area contributed by atoms with E-state index in [0.29, 0.717) is 5.71 Å². The number of nitrogens with one attached hydrogen (secondary N) is 2. The molecule has 0 saturated heterocycles. The van der Waals surface area contributed by atoms with Gasteiger partial charge in [0.1, 0.15) is 0 Å². The highest BCUT2D eigenvalue weighted by Gasteiger charge is 2.02. The Balaban J connectivity index is 1.50. The summed E-state index contributed by atoms with van der Waals surface area (Å²) in [5.74, 6) is -0.374. The highest BCUT2D eigenvalue weighted by Crippen LogP contribution is 2.15. The lowest BCUT2D eigenvalue weighted by Crippen LogP contribution is -2.22. The molecule has 2 aromatic carbocycles. The molecule has 126 valence electrons. The third-order valence-electron chi connectivity index (χ3n) is 3.60. The number of amides is 1. The monoisotopic (exact) mass is 334 g/mol. The lowest BCUT2D eigenvalue weighted by Gasteiger charge is -2.01. The predicted molar refractivity (Wildman–Crippen MR) is 98.6 cm³/mol. The molecule has 1 heterocycles. The summed E-state index contributed by atoms with van der Waals surface area (Å²) in [5.41, 5.74) is 5.99. The van der Waals surface area contributed by atoms with E-state index in [1.54, 1.807) is 6.21 Å². The summed E-state index contributed by atoms with van der Waals surface area (Å²) in [5, 5.41) is 8.92. The van der Waals surface area contributed by atoms with Gasteiger partial charge in [0.15, 0.2) is 6.61 Å². The largest absolute Gasteiger partial charge is 0.385 e. The van der Waals surface area contributed by atoms with Crippen LogP contribution in [0.2, 0.25) is 0 Å². The van der Waals surface area contributed by atoms with E-state index in [2.05, 4.69) is 20.7 Å². The average Bonchev–Trinajstić information content (AvgIpc) is 3.06. The van der Waals surface area contributed by atoms with Crippen molar-refractivity contribution < 1.29 is 9.63 Å². The molecule has 0 spiro atoms. The van der Waals surface area contributed by atoms with Crippen LogP contribution >= 0.6 is 0 Å². The summed E-state index contributed by atoms with van der Waals surface area (Å²) in [6.45, 7) is 1.62. The van der Waals surface area contributed by atoms with Gasteiger partial charge in [0.2, 0.25) is 0 Å². The van der Waals surface area contributed by atoms with Gasteiger partial charge in [-0.15, -0.1) is 0 Å². The van der Waals surface area contributed by atoms with E-state index in [1.807, 2.05) is 67.7 Å². The van der Waals surface area contributed by atoms with Gasteiger partial charge in [-0.25, -0.2) is 5.43 Å². The van der Waals surface area contributed by atoms with E-state index < -0.39 is 0 Å². The van der Waals surface area contributed by atoms with Gasteiger partial charge in [0.25, 0.3) is 5.91 Å². The molecular weight excluding hydrogens is 316 g/mol. The number of hydrogen-bond acceptors (Lipinski definition) is 4.